The van der Waals surface area contributed by atoms with E-state index in [0.717, 1.165) is 77.5 Å². The van der Waals surface area contributed by atoms with Crippen LogP contribution in [0.25, 0.3) is 0 Å². The molecule has 2 radical (unpaired) electrons. The zero-order chi connectivity index (χ0) is 74.0. The summed E-state index contributed by atoms with van der Waals surface area (Å²) in [5.41, 5.74) is -2.40. The minimum atomic E-state index is -0.542. The second-order valence-electron chi connectivity index (χ2n) is 28.8. The number of nitrogens with one attached hydrogen (secondary N) is 1. The van der Waals surface area contributed by atoms with E-state index < -0.39 is 27.9 Å². The molecule has 0 aromatic heterocycles. The van der Waals surface area contributed by atoms with Crippen LogP contribution in [0, 0.1) is 12.4 Å². The smallest absolute Gasteiger partial charge is 0.410 e. The summed E-state index contributed by atoms with van der Waals surface area (Å²) in [5.74, 6) is -0.0881. The van der Waals surface area contributed by atoms with Gasteiger partial charge < -0.3 is 88.8 Å². The minimum absolute atomic E-state index is 0. The van der Waals surface area contributed by atoms with Crippen LogP contribution in [0.4, 0.5) is 14.4 Å². The number of aliphatic hydroxyl groups is 2. The van der Waals surface area contributed by atoms with Crippen LogP contribution in [-0.2, 0) is 89.6 Å². The molecule has 0 saturated carbocycles. The van der Waals surface area contributed by atoms with Crippen molar-refractivity contribution in [3.05, 3.63) is 12.4 Å². The van der Waals surface area contributed by atoms with Crippen molar-refractivity contribution in [3.63, 3.8) is 0 Å². The Morgan fingerprint density at radius 2 is 0.828 bits per heavy atom. The SMILES string of the molecule is CC(C)(C)OC(=O)N1CCCCC1(C)C.CC(C)(C)OC(=O)N1CCN(C(=O)CCCCCO)CC1(C)C.CC1(C)CN(C(=O)CCCCCO)CCN1.COC(=O)CCCCC(=O)N1CCN(C(=O)OC(C)(C)C)C(C)(C)C1.COC(=O)CCCN=C=O.Cl.IC(I)I.[CH2-]I.[CH3-].[V].[V]. The predicted octanol–water partition coefficient (Wildman–Crippen LogP) is 13.8. The van der Waals surface area contributed by atoms with Crippen LogP contribution in [0.3, 0.4) is 0 Å². The normalized spacial score (nSPS) is 16.2. The molecule has 4 saturated heterocycles. The third kappa shape index (κ3) is 55.9. The van der Waals surface area contributed by atoms with Crippen LogP contribution < -0.4 is 5.32 Å². The molecule has 99 heavy (non-hydrogen) atoms. The summed E-state index contributed by atoms with van der Waals surface area (Å²) in [7, 11) is 2.69. The Morgan fingerprint density at radius 1 is 0.505 bits per heavy atom. The van der Waals surface area contributed by atoms with E-state index in [4.69, 9.17) is 24.4 Å². The summed E-state index contributed by atoms with van der Waals surface area (Å²) in [6.45, 7) is 40.1. The van der Waals surface area contributed by atoms with Gasteiger partial charge in [0.05, 0.1) is 31.8 Å². The maximum Gasteiger partial charge on any atom is 0.410 e. The van der Waals surface area contributed by atoms with Crippen molar-refractivity contribution >= 4 is 157 Å². The molecule has 4 rings (SSSR count). The van der Waals surface area contributed by atoms with E-state index in [9.17, 15) is 43.2 Å². The molecular formula is C68H127ClI4N8O16V2-2. The molecule has 3 N–H and O–H groups in total. The van der Waals surface area contributed by atoms with E-state index in [1.165, 1.54) is 26.7 Å². The number of methoxy groups -OCH3 is 2. The predicted molar refractivity (Wildman–Crippen MR) is 421 cm³/mol. The number of amides is 6. The second kappa shape index (κ2) is 58.0. The van der Waals surface area contributed by atoms with Gasteiger partial charge in [0.2, 0.25) is 23.8 Å². The minimum Gasteiger partial charge on any atom is -0.469 e. The van der Waals surface area contributed by atoms with E-state index in [1.807, 2.05) is 127 Å². The van der Waals surface area contributed by atoms with Crippen molar-refractivity contribution in [2.24, 2.45) is 4.99 Å². The molecular weight excluding hydrogens is 1830 g/mol. The number of carbonyl (C=O) groups is 8. The number of carbonyl (C=O) groups excluding carboxylic acids is 9. The number of unbranched alkanes of at least 4 members (excludes halogenated alkanes) is 5. The maximum atomic E-state index is 12.4. The molecule has 0 unspecified atom stereocenters. The molecule has 31 heteroatoms. The summed E-state index contributed by atoms with van der Waals surface area (Å²) in [6.07, 6.45) is 12.9. The number of aliphatic hydroxyl groups excluding tert-OH is 2. The number of piperazine rings is 3. The van der Waals surface area contributed by atoms with Crippen molar-refractivity contribution in [2.75, 3.05) is 99.4 Å². The monoisotopic (exact) mass is 1960 g/mol. The van der Waals surface area contributed by atoms with Crippen molar-refractivity contribution in [1.29, 1.82) is 0 Å². The fraction of sp³-hybridized carbons (Fsp3) is 0.838. The Morgan fingerprint density at radius 3 is 1.13 bits per heavy atom. The van der Waals surface area contributed by atoms with Crippen LogP contribution >= 0.6 is 103 Å². The van der Waals surface area contributed by atoms with Gasteiger partial charge in [-0.25, -0.2) is 24.2 Å². The van der Waals surface area contributed by atoms with Crippen molar-refractivity contribution in [1.82, 2.24) is 34.7 Å². The largest absolute Gasteiger partial charge is 0.469 e. The van der Waals surface area contributed by atoms with E-state index in [-0.39, 0.29) is 129 Å². The van der Waals surface area contributed by atoms with Crippen molar-refractivity contribution < 1.29 is 114 Å². The molecule has 582 valence electrons. The van der Waals surface area contributed by atoms with Gasteiger partial charge in [-0.1, -0.05) is 80.6 Å². The van der Waals surface area contributed by atoms with E-state index in [2.05, 4.69) is 120 Å². The van der Waals surface area contributed by atoms with Crippen molar-refractivity contribution in [2.45, 2.75) is 266 Å². The summed E-state index contributed by atoms with van der Waals surface area (Å²) < 4.78 is 26.0. The third-order valence-corrected chi connectivity index (χ3v) is 14.7. The average molecular weight is 1960 g/mol. The molecule has 6 amide bonds. The first-order valence-corrected chi connectivity index (χ1v) is 38.3. The molecule has 0 bridgehead atoms. The molecule has 0 atom stereocenters. The Kier molecular flexibility index (Phi) is 65.1. The molecule has 0 spiro atoms. The number of hydrogen-bond donors (Lipinski definition) is 3. The fourth-order valence-electron chi connectivity index (χ4n) is 10.0. The Balaban J connectivity index is -0.000000212. The number of hydrogen-bond acceptors (Lipinski definition) is 18. The number of halogens is 5. The molecule has 0 aromatic rings. The zero-order valence-corrected chi connectivity index (χ0v) is 75.8. The second-order valence-corrected chi connectivity index (χ2v) is 39.7. The number of ether oxygens (including phenoxy) is 5. The molecule has 4 heterocycles. The summed E-state index contributed by atoms with van der Waals surface area (Å²) in [5, 5.41) is 20.8. The number of rotatable bonds is 19. The van der Waals surface area contributed by atoms with E-state index in [1.54, 1.807) is 14.7 Å². The summed E-state index contributed by atoms with van der Waals surface area (Å²) in [6, 6.07) is 0. The summed E-state index contributed by atoms with van der Waals surface area (Å²) >= 11 is 8.85. The number of nitrogens with zero attached hydrogens (tertiary/aromatic N) is 7. The van der Waals surface area contributed by atoms with Gasteiger partial charge >= 0.3 is 30.2 Å². The van der Waals surface area contributed by atoms with Crippen LogP contribution in [-0.4, -0.2) is 232 Å². The fourth-order valence-corrected chi connectivity index (χ4v) is 10.0. The van der Waals surface area contributed by atoms with Crippen LogP contribution in [0.1, 0.15) is 227 Å². The van der Waals surface area contributed by atoms with Crippen molar-refractivity contribution in [3.8, 4) is 0 Å². The molecule has 4 aliphatic heterocycles. The van der Waals surface area contributed by atoms with Crippen LogP contribution in [0.15, 0.2) is 4.99 Å². The first-order valence-electron chi connectivity index (χ1n) is 33.0. The van der Waals surface area contributed by atoms with Gasteiger partial charge in [0.1, 0.15) is 16.7 Å². The van der Waals surface area contributed by atoms with Gasteiger partial charge in [-0.05, 0) is 182 Å². The Bertz CT molecular complexity index is 2310. The maximum absolute atomic E-state index is 12.4. The van der Waals surface area contributed by atoms with Crippen LogP contribution in [0.5, 0.6) is 0 Å². The van der Waals surface area contributed by atoms with E-state index >= 15 is 0 Å². The number of alkyl halides is 3. The standard InChI is InChI=1S/C18H32N2O5.C17H32N2O4.C12H24N2O2.C12H23NO2.C6H9NO3.CHI3.CH2I.CH3.ClH.2V/c1-17(2,3)25-16(23)20-12-11-19(13-18(20,4)5)14(21)9-7-8-10-15(22)24-6;1-16(2,3)23-15(22)19-11-10-18(13-17(19,4)5)14(21)9-7-6-8-12-20;1-12(2)10-14(8-7-13-12)11(16)6-4-3-5-9-15;1-11(2,3)15-10(14)13-9-7-6-8-12(13,4)5;1-10-6(9)3-2-4-7-5-8;2-1(3)4;1-2;;;;/h7-13H2,1-6H3;20H,6-13H2,1-5H3;13,15H,3-10H2,1-2H3;6-9H2,1-5H3;2-4H2,1H3;1H;1H2;1H3;1H;;/q;;;;;;2*-1;;;. The third-order valence-electron chi connectivity index (χ3n) is 14.7. The van der Waals surface area contributed by atoms with Gasteiger partial charge in [0.25, 0.3) is 0 Å². The van der Waals surface area contributed by atoms with Gasteiger partial charge in [-0.15, -0.1) is 12.4 Å². The zero-order valence-electron chi connectivity index (χ0n) is 63.6. The van der Waals surface area contributed by atoms with E-state index in [0.29, 0.717) is 97.2 Å². The first kappa shape index (κ1) is 111. The molecule has 0 aromatic carbocycles. The molecule has 24 nitrogen and oxygen atoms in total. The number of aliphatic imine (C=N–C) groups is 1. The number of likely N-dealkylation sites (tertiary alicyclic amines) is 1. The quantitative estimate of drug-likeness (QED) is 0.0158. The van der Waals surface area contributed by atoms with Gasteiger partial charge in [0, 0.05) is 159 Å². The Hall–Kier alpha value is -1.20. The van der Waals surface area contributed by atoms with Gasteiger partial charge in [-0.2, -0.15) is 0 Å². The number of isocyanates is 1. The van der Waals surface area contributed by atoms with Gasteiger partial charge in [-0.3, -0.25) is 38.7 Å². The topological polar surface area (TPSA) is 284 Å². The average Bonchev–Trinajstić information content (AvgIpc) is 0.814. The van der Waals surface area contributed by atoms with Gasteiger partial charge in [0.15, 0.2) is 0 Å². The Labute approximate surface area is 681 Å². The van der Waals surface area contributed by atoms with Crippen LogP contribution in [0.2, 0.25) is 0 Å². The number of esters is 2. The molecule has 0 aliphatic carbocycles. The molecule has 4 aliphatic rings. The first-order chi connectivity index (χ1) is 43.8. The molecule has 4 fully saturated rings. The number of piperidine rings is 1. The summed E-state index contributed by atoms with van der Waals surface area (Å²) in [4.78, 5) is 122.